The fraction of sp³-hybridized carbons (Fsp3) is 1.00. The van der Waals surface area contributed by atoms with E-state index in [2.05, 4.69) is 12.6 Å². The minimum atomic E-state index is 0.750. The lowest BCUT2D eigenvalue weighted by Gasteiger charge is -2.36. The van der Waals surface area contributed by atoms with Crippen LogP contribution < -0.4 is 5.32 Å². The van der Waals surface area contributed by atoms with Crippen LogP contribution in [0.5, 0.6) is 0 Å². The van der Waals surface area contributed by atoms with Crippen molar-refractivity contribution in [2.45, 2.75) is 19.1 Å². The van der Waals surface area contributed by atoms with Crippen LogP contribution in [0, 0.1) is 5.41 Å². The Balaban J connectivity index is 2.01. The fourth-order valence-corrected chi connectivity index (χ4v) is 1.70. The van der Waals surface area contributed by atoms with E-state index in [0.29, 0.717) is 0 Å². The molecule has 2 saturated heterocycles. The number of hydrogen-bond acceptors (Lipinski definition) is 1. The molecule has 1 spiro atoms. The second kappa shape index (κ2) is 1.50. The molecule has 0 amide bonds. The van der Waals surface area contributed by atoms with Gasteiger partial charge < -0.3 is 5.32 Å². The number of hydrogen-bond donors (Lipinski definition) is 1. The van der Waals surface area contributed by atoms with E-state index in [9.17, 15) is 0 Å². The van der Waals surface area contributed by atoms with E-state index in [-0.39, 0.29) is 0 Å². The monoisotopic (exact) mass is 108 g/mol. The molecule has 1 radical (unpaired) electrons. The van der Waals surface area contributed by atoms with Gasteiger partial charge in [0.25, 0.3) is 0 Å². The molecule has 2 heterocycles. The molecular formula is C6H11BN. The highest BCUT2D eigenvalue weighted by Crippen LogP contribution is 2.42. The van der Waals surface area contributed by atoms with Crippen molar-refractivity contribution in [2.75, 3.05) is 13.1 Å². The van der Waals surface area contributed by atoms with Crippen molar-refractivity contribution in [3.63, 3.8) is 0 Å². The van der Waals surface area contributed by atoms with Crippen LogP contribution in [0.3, 0.4) is 0 Å². The van der Waals surface area contributed by atoms with E-state index in [1.54, 1.807) is 0 Å². The molecule has 0 aliphatic carbocycles. The van der Waals surface area contributed by atoms with E-state index >= 15 is 0 Å². The first kappa shape index (κ1) is 4.86. The summed E-state index contributed by atoms with van der Waals surface area (Å²) in [6, 6.07) is 0. The van der Waals surface area contributed by atoms with Crippen molar-refractivity contribution in [3.05, 3.63) is 0 Å². The molecule has 0 aromatic rings. The summed E-state index contributed by atoms with van der Waals surface area (Å²) in [4.78, 5) is 0. The molecule has 2 aliphatic heterocycles. The number of rotatable bonds is 0. The summed E-state index contributed by atoms with van der Waals surface area (Å²) in [5.74, 6) is 0. The van der Waals surface area contributed by atoms with Gasteiger partial charge in [-0.25, -0.2) is 0 Å². The zero-order valence-corrected chi connectivity index (χ0v) is 5.11. The lowest BCUT2D eigenvalue weighted by Crippen LogP contribution is -2.35. The first-order valence-corrected chi connectivity index (χ1v) is 3.44. The standard InChI is InChI=1S/C6H11BN/c1-2-8-5-6(1)3-7-4-6/h8H,1-5H2. The van der Waals surface area contributed by atoms with Crippen LogP contribution in [0.2, 0.25) is 12.6 Å². The maximum absolute atomic E-state index is 3.40. The summed E-state index contributed by atoms with van der Waals surface area (Å²) in [6.07, 6.45) is 4.17. The van der Waals surface area contributed by atoms with Gasteiger partial charge in [0.15, 0.2) is 0 Å². The average molecular weight is 108 g/mol. The molecule has 0 aromatic heterocycles. The molecule has 2 fully saturated rings. The topological polar surface area (TPSA) is 12.0 Å². The highest BCUT2D eigenvalue weighted by molar-refractivity contribution is 6.40. The summed E-state index contributed by atoms with van der Waals surface area (Å²) in [6.45, 7) is 2.54. The Hall–Kier alpha value is 0.0249. The molecule has 0 bridgehead atoms. The van der Waals surface area contributed by atoms with Crippen LogP contribution in [0.4, 0.5) is 0 Å². The Kier molecular flexibility index (Phi) is 0.914. The summed E-state index contributed by atoms with van der Waals surface area (Å²) >= 11 is 0. The lowest BCUT2D eigenvalue weighted by atomic mass is 9.42. The fourth-order valence-electron chi connectivity index (χ4n) is 1.70. The predicted octanol–water partition coefficient (Wildman–Crippen LogP) is 0.520. The Labute approximate surface area is 51.1 Å². The van der Waals surface area contributed by atoms with E-state index in [4.69, 9.17) is 0 Å². The van der Waals surface area contributed by atoms with Gasteiger partial charge in [0.2, 0.25) is 0 Å². The molecule has 1 N–H and O–H groups in total. The van der Waals surface area contributed by atoms with Gasteiger partial charge in [-0.3, -0.25) is 0 Å². The van der Waals surface area contributed by atoms with Gasteiger partial charge in [0.05, 0.1) is 0 Å². The van der Waals surface area contributed by atoms with Crippen LogP contribution in [-0.2, 0) is 0 Å². The molecule has 2 rings (SSSR count). The van der Waals surface area contributed by atoms with Gasteiger partial charge in [-0.1, -0.05) is 12.6 Å². The Morgan fingerprint density at radius 3 is 2.50 bits per heavy atom. The highest BCUT2D eigenvalue weighted by Gasteiger charge is 2.39. The maximum atomic E-state index is 3.40. The summed E-state index contributed by atoms with van der Waals surface area (Å²) < 4.78 is 0. The Bertz CT molecular complexity index is 90.7. The molecule has 8 heavy (non-hydrogen) atoms. The summed E-state index contributed by atoms with van der Waals surface area (Å²) in [5, 5.41) is 3.40. The van der Waals surface area contributed by atoms with Crippen molar-refractivity contribution in [1.29, 1.82) is 0 Å². The van der Waals surface area contributed by atoms with Crippen LogP contribution >= 0.6 is 0 Å². The van der Waals surface area contributed by atoms with Gasteiger partial charge in [-0.2, -0.15) is 0 Å². The smallest absolute Gasteiger partial charge is 0.110 e. The quantitative estimate of drug-likeness (QED) is 0.446. The minimum absolute atomic E-state index is 0.750. The minimum Gasteiger partial charge on any atom is -0.316 e. The largest absolute Gasteiger partial charge is 0.316 e. The van der Waals surface area contributed by atoms with Gasteiger partial charge in [-0.05, 0) is 24.9 Å². The first-order chi connectivity index (χ1) is 3.91. The first-order valence-electron chi connectivity index (χ1n) is 3.44. The van der Waals surface area contributed by atoms with Crippen molar-refractivity contribution in [1.82, 2.24) is 5.32 Å². The SMILES string of the molecule is [B]1CC2(C1)CCNC2. The zero-order chi connectivity index (χ0) is 5.45. The molecule has 0 atom stereocenters. The van der Waals surface area contributed by atoms with Gasteiger partial charge in [0.1, 0.15) is 7.28 Å². The highest BCUT2D eigenvalue weighted by atomic mass is 14.9. The van der Waals surface area contributed by atoms with E-state index in [1.807, 2.05) is 0 Å². The van der Waals surface area contributed by atoms with Crippen molar-refractivity contribution >= 4 is 7.28 Å². The Morgan fingerprint density at radius 1 is 1.38 bits per heavy atom. The van der Waals surface area contributed by atoms with E-state index in [0.717, 1.165) is 5.41 Å². The normalized spacial score (nSPS) is 32.0. The van der Waals surface area contributed by atoms with Crippen LogP contribution in [0.25, 0.3) is 0 Å². The molecule has 0 unspecified atom stereocenters. The third kappa shape index (κ3) is 0.525. The summed E-state index contributed by atoms with van der Waals surface area (Å²) in [5.41, 5.74) is 0.750. The van der Waals surface area contributed by atoms with Crippen molar-refractivity contribution in [2.24, 2.45) is 5.41 Å². The second-order valence-electron chi connectivity index (χ2n) is 3.12. The van der Waals surface area contributed by atoms with Gasteiger partial charge in [0, 0.05) is 0 Å². The Morgan fingerprint density at radius 2 is 2.25 bits per heavy atom. The molecule has 43 valence electrons. The molecule has 0 saturated carbocycles. The third-order valence-electron chi connectivity index (χ3n) is 2.49. The zero-order valence-electron chi connectivity index (χ0n) is 5.11. The third-order valence-corrected chi connectivity index (χ3v) is 2.49. The molecule has 2 heteroatoms. The van der Waals surface area contributed by atoms with Crippen LogP contribution in [0.15, 0.2) is 0 Å². The number of nitrogens with one attached hydrogen (secondary N) is 1. The molecule has 1 nitrogen and oxygen atoms in total. The maximum Gasteiger partial charge on any atom is 0.110 e. The molecule has 2 aliphatic rings. The van der Waals surface area contributed by atoms with Crippen molar-refractivity contribution in [3.8, 4) is 0 Å². The van der Waals surface area contributed by atoms with Gasteiger partial charge in [-0.15, -0.1) is 0 Å². The van der Waals surface area contributed by atoms with Crippen LogP contribution in [-0.4, -0.2) is 20.4 Å². The molecule has 0 aromatic carbocycles. The average Bonchev–Trinajstić information content (AvgIpc) is 2.07. The lowest BCUT2D eigenvalue weighted by molar-refractivity contribution is 0.371. The summed E-state index contributed by atoms with van der Waals surface area (Å²) in [7, 11) is 2.40. The predicted molar refractivity (Wildman–Crippen MR) is 35.3 cm³/mol. The van der Waals surface area contributed by atoms with E-state index in [1.165, 1.54) is 32.2 Å². The second-order valence-corrected chi connectivity index (χ2v) is 3.12. The van der Waals surface area contributed by atoms with E-state index < -0.39 is 0 Å². The van der Waals surface area contributed by atoms with Crippen LogP contribution in [0.1, 0.15) is 6.42 Å². The van der Waals surface area contributed by atoms with Gasteiger partial charge >= 0.3 is 0 Å². The molecular weight excluding hydrogens is 96.9 g/mol. The van der Waals surface area contributed by atoms with Crippen molar-refractivity contribution < 1.29 is 0 Å².